The van der Waals surface area contributed by atoms with Crippen LogP contribution in [0.1, 0.15) is 85.5 Å². The Hall–Kier alpha value is -2.47. The van der Waals surface area contributed by atoms with Crippen molar-refractivity contribution >= 4 is 34.3 Å². The van der Waals surface area contributed by atoms with Crippen LogP contribution in [0.5, 0.6) is 23.0 Å². The molecule has 2 aromatic carbocycles. The number of fused-ring (bicyclic) bond motifs is 1. The van der Waals surface area contributed by atoms with E-state index in [-0.39, 0.29) is 35.8 Å². The third-order valence-electron chi connectivity index (χ3n) is 5.27. The Kier molecular flexibility index (Phi) is 12.0. The monoisotopic (exact) mass is 492 g/mol. The molecule has 0 unspecified atom stereocenters. The fourth-order valence-corrected chi connectivity index (χ4v) is 3.72. The Morgan fingerprint density at radius 1 is 0.735 bits per heavy atom. The van der Waals surface area contributed by atoms with Crippen molar-refractivity contribution in [2.24, 2.45) is 0 Å². The quantitative estimate of drug-likeness (QED) is 0.144. The summed E-state index contributed by atoms with van der Waals surface area (Å²) >= 11 is 6.59. The molecule has 6 nitrogen and oxygen atoms in total. The topological polar surface area (TPSA) is 71.1 Å². The molecule has 0 fully saturated rings. The molecule has 2 rings (SSSR count). The van der Waals surface area contributed by atoms with E-state index in [1.54, 1.807) is 25.1 Å². The minimum absolute atomic E-state index is 0.192. The molecule has 0 amide bonds. The molecule has 0 N–H and O–H groups in total. The molecule has 0 saturated carbocycles. The van der Waals surface area contributed by atoms with Crippen molar-refractivity contribution in [3.05, 3.63) is 23.2 Å². The highest BCUT2D eigenvalue weighted by molar-refractivity contribution is 6.36. The average molecular weight is 493 g/mol. The summed E-state index contributed by atoms with van der Waals surface area (Å²) in [5, 5.41) is 1.35. The first-order valence-corrected chi connectivity index (χ1v) is 12.8. The molecule has 0 bridgehead atoms. The zero-order valence-corrected chi connectivity index (χ0v) is 21.6. The van der Waals surface area contributed by atoms with E-state index in [0.717, 1.165) is 38.5 Å². The summed E-state index contributed by atoms with van der Waals surface area (Å²) in [4.78, 5) is 24.9. The molecule has 0 aliphatic carbocycles. The Labute approximate surface area is 207 Å². The van der Waals surface area contributed by atoms with Crippen molar-refractivity contribution in [2.45, 2.75) is 85.5 Å². The van der Waals surface area contributed by atoms with Crippen molar-refractivity contribution in [2.75, 3.05) is 13.2 Å². The van der Waals surface area contributed by atoms with Gasteiger partial charge in [0.25, 0.3) is 0 Å². The minimum atomic E-state index is -0.410. The first-order chi connectivity index (χ1) is 16.5. The van der Waals surface area contributed by atoms with Gasteiger partial charge in [-0.3, -0.25) is 9.59 Å². The average Bonchev–Trinajstić information content (AvgIpc) is 2.82. The molecule has 0 heterocycles. The molecule has 0 atom stereocenters. The Morgan fingerprint density at radius 3 is 1.88 bits per heavy atom. The van der Waals surface area contributed by atoms with E-state index in [9.17, 15) is 9.59 Å². The van der Waals surface area contributed by atoms with Crippen LogP contribution < -0.4 is 18.9 Å². The van der Waals surface area contributed by atoms with Crippen LogP contribution in [0.15, 0.2) is 18.2 Å². The van der Waals surface area contributed by atoms with Gasteiger partial charge >= 0.3 is 11.9 Å². The third kappa shape index (κ3) is 7.52. The van der Waals surface area contributed by atoms with E-state index >= 15 is 0 Å². The molecule has 0 aliphatic rings. The van der Waals surface area contributed by atoms with Gasteiger partial charge in [0, 0.05) is 18.2 Å². The number of hydrogen-bond donors (Lipinski definition) is 0. The van der Waals surface area contributed by atoms with Crippen LogP contribution in [-0.2, 0) is 9.59 Å². The number of carbonyl (C=O) groups is 2. The number of unbranched alkanes of at least 4 members (excludes halogenated alkanes) is 4. The lowest BCUT2D eigenvalue weighted by Crippen LogP contribution is -2.13. The van der Waals surface area contributed by atoms with E-state index in [1.807, 2.05) is 6.92 Å². The van der Waals surface area contributed by atoms with Gasteiger partial charge in [-0.2, -0.15) is 0 Å². The number of benzene rings is 2. The number of halogens is 1. The minimum Gasteiger partial charge on any atom is -0.486 e. The highest BCUT2D eigenvalue weighted by atomic mass is 35.5. The predicted molar refractivity (Wildman–Crippen MR) is 135 cm³/mol. The van der Waals surface area contributed by atoms with Gasteiger partial charge in [-0.25, -0.2) is 0 Å². The largest absolute Gasteiger partial charge is 0.486 e. The summed E-state index contributed by atoms with van der Waals surface area (Å²) in [7, 11) is 0. The van der Waals surface area contributed by atoms with Crippen molar-refractivity contribution in [3.8, 4) is 23.0 Å². The van der Waals surface area contributed by atoms with Crippen molar-refractivity contribution in [1.82, 2.24) is 0 Å². The van der Waals surface area contributed by atoms with Crippen molar-refractivity contribution in [3.63, 3.8) is 0 Å². The van der Waals surface area contributed by atoms with Gasteiger partial charge in [0.1, 0.15) is 0 Å². The van der Waals surface area contributed by atoms with Gasteiger partial charge in [0.05, 0.1) is 23.6 Å². The van der Waals surface area contributed by atoms with Gasteiger partial charge in [0.2, 0.25) is 11.5 Å². The van der Waals surface area contributed by atoms with Gasteiger partial charge < -0.3 is 18.9 Å². The van der Waals surface area contributed by atoms with Gasteiger partial charge in [-0.05, 0) is 25.3 Å². The van der Waals surface area contributed by atoms with E-state index in [2.05, 4.69) is 13.8 Å². The molecule has 7 heteroatoms. The fraction of sp³-hybridized carbons (Fsp3) is 0.556. The second kappa shape index (κ2) is 14.7. The summed E-state index contributed by atoms with van der Waals surface area (Å²) in [6, 6.07) is 5.24. The standard InChI is InChI=1S/C27H37ClO6/c1-5-9-11-17-31-26-24(33-21(29)8-4)19-15-13-16-20(28)23(19)25(34-22(30)14-7-3)27(26)32-18-12-10-6-2/h13,15-16H,5-12,14,17-18H2,1-4H3. The van der Waals surface area contributed by atoms with E-state index in [1.165, 1.54) is 0 Å². The Balaban J connectivity index is 2.75. The summed E-state index contributed by atoms with van der Waals surface area (Å²) in [6.45, 7) is 8.66. The van der Waals surface area contributed by atoms with Crippen LogP contribution in [0.25, 0.3) is 10.8 Å². The van der Waals surface area contributed by atoms with Gasteiger partial charge in [-0.15, -0.1) is 0 Å². The van der Waals surface area contributed by atoms with Gasteiger partial charge in [0.15, 0.2) is 11.5 Å². The molecule has 2 aromatic rings. The lowest BCUT2D eigenvalue weighted by Gasteiger charge is -2.22. The van der Waals surface area contributed by atoms with Crippen LogP contribution in [0, 0.1) is 0 Å². The van der Waals surface area contributed by atoms with E-state index in [0.29, 0.717) is 35.4 Å². The van der Waals surface area contributed by atoms with Crippen molar-refractivity contribution < 1.29 is 28.5 Å². The fourth-order valence-electron chi connectivity index (χ4n) is 3.45. The zero-order chi connectivity index (χ0) is 24.9. The van der Waals surface area contributed by atoms with E-state index in [4.69, 9.17) is 30.5 Å². The summed E-state index contributed by atoms with van der Waals surface area (Å²) in [6.07, 6.45) is 6.78. The highest BCUT2D eigenvalue weighted by Crippen LogP contribution is 2.53. The molecule has 0 aliphatic heterocycles. The Bertz CT molecular complexity index is 956. The number of rotatable bonds is 15. The van der Waals surface area contributed by atoms with Crippen LogP contribution >= 0.6 is 11.6 Å². The van der Waals surface area contributed by atoms with Gasteiger partial charge in [-0.1, -0.05) is 77.1 Å². The summed E-state index contributed by atoms with van der Waals surface area (Å²) in [5.41, 5.74) is 0. The SMILES string of the molecule is CCCCCOc1c(OCCCCC)c(OC(=O)CCC)c2c(Cl)cccc2c1OC(=O)CC. The normalized spacial score (nSPS) is 10.9. The maximum atomic E-state index is 12.6. The number of hydrogen-bond acceptors (Lipinski definition) is 6. The van der Waals surface area contributed by atoms with Crippen LogP contribution in [0.2, 0.25) is 5.02 Å². The lowest BCUT2D eigenvalue weighted by atomic mass is 10.1. The summed E-state index contributed by atoms with van der Waals surface area (Å²) < 4.78 is 23.9. The molecule has 0 saturated heterocycles. The molecule has 0 radical (unpaired) electrons. The second-order valence-corrected chi connectivity index (χ2v) is 8.55. The second-order valence-electron chi connectivity index (χ2n) is 8.14. The zero-order valence-electron chi connectivity index (χ0n) is 20.8. The number of ether oxygens (including phenoxy) is 4. The molecular formula is C27H37ClO6. The predicted octanol–water partition coefficient (Wildman–Crippen LogP) is 7.65. The molecule has 188 valence electrons. The first kappa shape index (κ1) is 27.8. The third-order valence-corrected chi connectivity index (χ3v) is 5.58. The van der Waals surface area contributed by atoms with Crippen LogP contribution in [0.4, 0.5) is 0 Å². The highest BCUT2D eigenvalue weighted by Gasteiger charge is 2.28. The number of carbonyl (C=O) groups excluding carboxylic acids is 2. The molecule has 34 heavy (non-hydrogen) atoms. The van der Waals surface area contributed by atoms with Crippen LogP contribution in [-0.4, -0.2) is 25.2 Å². The first-order valence-electron chi connectivity index (χ1n) is 12.4. The molecule has 0 aromatic heterocycles. The van der Waals surface area contributed by atoms with Crippen molar-refractivity contribution in [1.29, 1.82) is 0 Å². The molecule has 0 spiro atoms. The maximum Gasteiger partial charge on any atom is 0.311 e. The summed E-state index contributed by atoms with van der Waals surface area (Å²) in [5.74, 6) is 0.156. The maximum absolute atomic E-state index is 12.6. The Morgan fingerprint density at radius 2 is 1.32 bits per heavy atom. The smallest absolute Gasteiger partial charge is 0.311 e. The lowest BCUT2D eigenvalue weighted by molar-refractivity contribution is -0.135. The molecular weight excluding hydrogens is 456 g/mol. The van der Waals surface area contributed by atoms with E-state index < -0.39 is 11.9 Å². The number of esters is 2. The van der Waals surface area contributed by atoms with Crippen LogP contribution in [0.3, 0.4) is 0 Å².